The number of anilines is 2. The van der Waals surface area contributed by atoms with Crippen LogP contribution in [-0.2, 0) is 0 Å². The zero-order chi connectivity index (χ0) is 14.7. The van der Waals surface area contributed by atoms with Gasteiger partial charge in [0.15, 0.2) is 0 Å². The molecule has 1 aromatic carbocycles. The van der Waals surface area contributed by atoms with E-state index < -0.39 is 10.8 Å². The van der Waals surface area contributed by atoms with Gasteiger partial charge >= 0.3 is 0 Å². The summed E-state index contributed by atoms with van der Waals surface area (Å²) in [7, 11) is 0. The van der Waals surface area contributed by atoms with E-state index in [1.54, 1.807) is 12.1 Å². The number of amides is 1. The SMILES string of the molecule is Nc1ccc(C(=O)Nc2ncccc2Br)cc1[N+](=O)[O-]. The molecule has 0 fully saturated rings. The van der Waals surface area contributed by atoms with Crippen molar-refractivity contribution in [2.75, 3.05) is 11.1 Å². The largest absolute Gasteiger partial charge is 0.393 e. The first-order valence-corrected chi connectivity index (χ1v) is 6.24. The third-order valence-corrected chi connectivity index (χ3v) is 3.12. The fourth-order valence-corrected chi connectivity index (χ4v) is 1.85. The van der Waals surface area contributed by atoms with E-state index in [4.69, 9.17) is 5.73 Å². The number of nitrogens with one attached hydrogen (secondary N) is 1. The second-order valence-electron chi connectivity index (χ2n) is 3.82. The van der Waals surface area contributed by atoms with Crippen LogP contribution >= 0.6 is 15.9 Å². The second-order valence-corrected chi connectivity index (χ2v) is 4.67. The van der Waals surface area contributed by atoms with Crippen molar-refractivity contribution in [1.29, 1.82) is 0 Å². The molecule has 1 amide bonds. The van der Waals surface area contributed by atoms with Crippen molar-refractivity contribution in [3.05, 3.63) is 56.7 Å². The van der Waals surface area contributed by atoms with E-state index >= 15 is 0 Å². The molecule has 102 valence electrons. The van der Waals surface area contributed by atoms with Crippen LogP contribution in [0.3, 0.4) is 0 Å². The normalized spacial score (nSPS) is 10.1. The molecule has 2 aromatic rings. The van der Waals surface area contributed by atoms with Gasteiger partial charge in [0.2, 0.25) is 0 Å². The standard InChI is InChI=1S/C12H9BrN4O3/c13-8-2-1-5-15-11(8)16-12(18)7-3-4-9(14)10(6-7)17(19)20/h1-6H,14H2,(H,15,16,18). The number of carbonyl (C=O) groups is 1. The Morgan fingerprint density at radius 1 is 1.40 bits per heavy atom. The number of pyridine rings is 1. The van der Waals surface area contributed by atoms with E-state index in [2.05, 4.69) is 26.2 Å². The summed E-state index contributed by atoms with van der Waals surface area (Å²) in [5.74, 6) is -0.176. The van der Waals surface area contributed by atoms with Crippen LogP contribution in [0.4, 0.5) is 17.2 Å². The molecule has 8 heteroatoms. The molecule has 0 aliphatic rings. The molecule has 0 bridgehead atoms. The highest BCUT2D eigenvalue weighted by molar-refractivity contribution is 9.10. The summed E-state index contributed by atoms with van der Waals surface area (Å²) < 4.78 is 0.610. The van der Waals surface area contributed by atoms with Crippen molar-refractivity contribution in [3.63, 3.8) is 0 Å². The number of nitrogens with zero attached hydrogens (tertiary/aromatic N) is 2. The summed E-state index contributed by atoms with van der Waals surface area (Å²) >= 11 is 3.24. The number of nitrogen functional groups attached to an aromatic ring is 1. The van der Waals surface area contributed by atoms with E-state index in [1.807, 2.05) is 0 Å². The fourth-order valence-electron chi connectivity index (χ4n) is 1.50. The summed E-state index contributed by atoms with van der Waals surface area (Å²) in [4.78, 5) is 26.1. The molecular weight excluding hydrogens is 328 g/mol. The topological polar surface area (TPSA) is 111 Å². The van der Waals surface area contributed by atoms with E-state index in [0.29, 0.717) is 10.3 Å². The molecule has 2 rings (SSSR count). The highest BCUT2D eigenvalue weighted by Crippen LogP contribution is 2.24. The number of carbonyl (C=O) groups excluding carboxylic acids is 1. The number of benzene rings is 1. The molecule has 0 saturated carbocycles. The van der Waals surface area contributed by atoms with Gasteiger partial charge in [-0.15, -0.1) is 0 Å². The maximum atomic E-state index is 12.0. The molecule has 0 atom stereocenters. The zero-order valence-corrected chi connectivity index (χ0v) is 11.6. The first-order valence-electron chi connectivity index (χ1n) is 5.45. The predicted octanol–water partition coefficient (Wildman–Crippen LogP) is 2.59. The molecule has 0 aliphatic heterocycles. The van der Waals surface area contributed by atoms with Crippen molar-refractivity contribution in [1.82, 2.24) is 4.98 Å². The Labute approximate surface area is 122 Å². The van der Waals surface area contributed by atoms with E-state index in [9.17, 15) is 14.9 Å². The lowest BCUT2D eigenvalue weighted by molar-refractivity contribution is -0.383. The van der Waals surface area contributed by atoms with Crippen molar-refractivity contribution in [2.45, 2.75) is 0 Å². The number of aromatic nitrogens is 1. The predicted molar refractivity (Wildman–Crippen MR) is 77.4 cm³/mol. The summed E-state index contributed by atoms with van der Waals surface area (Å²) in [6.45, 7) is 0. The summed E-state index contributed by atoms with van der Waals surface area (Å²) in [6.07, 6.45) is 1.52. The number of nitro benzene ring substituents is 1. The van der Waals surface area contributed by atoms with Gasteiger partial charge in [0.25, 0.3) is 11.6 Å². The molecule has 0 saturated heterocycles. The van der Waals surface area contributed by atoms with Gasteiger partial charge in [-0.2, -0.15) is 0 Å². The van der Waals surface area contributed by atoms with Crippen LogP contribution in [0.2, 0.25) is 0 Å². The van der Waals surface area contributed by atoms with Gasteiger partial charge < -0.3 is 11.1 Å². The molecule has 0 spiro atoms. The Bertz CT molecular complexity index is 690. The molecule has 0 unspecified atom stereocenters. The quantitative estimate of drug-likeness (QED) is 0.508. The molecule has 7 nitrogen and oxygen atoms in total. The van der Waals surface area contributed by atoms with Gasteiger partial charge in [0.1, 0.15) is 11.5 Å². The van der Waals surface area contributed by atoms with Crippen molar-refractivity contribution < 1.29 is 9.72 Å². The van der Waals surface area contributed by atoms with Crippen molar-refractivity contribution in [2.24, 2.45) is 0 Å². The van der Waals surface area contributed by atoms with Gasteiger partial charge in [-0.25, -0.2) is 4.98 Å². The van der Waals surface area contributed by atoms with Crippen LogP contribution in [0, 0.1) is 10.1 Å². The van der Waals surface area contributed by atoms with Crippen LogP contribution in [0.15, 0.2) is 41.0 Å². The molecule has 3 N–H and O–H groups in total. The van der Waals surface area contributed by atoms with Crippen LogP contribution in [0.5, 0.6) is 0 Å². The average molecular weight is 337 g/mol. The minimum atomic E-state index is -0.636. The van der Waals surface area contributed by atoms with Gasteiger partial charge in [0, 0.05) is 17.8 Å². The Hall–Kier alpha value is -2.48. The summed E-state index contributed by atoms with van der Waals surface area (Å²) in [6, 6.07) is 7.28. The number of halogens is 1. The highest BCUT2D eigenvalue weighted by Gasteiger charge is 2.16. The van der Waals surface area contributed by atoms with Gasteiger partial charge in [0.05, 0.1) is 9.40 Å². The third kappa shape index (κ3) is 2.91. The first-order chi connectivity index (χ1) is 9.49. The zero-order valence-electron chi connectivity index (χ0n) is 10.0. The average Bonchev–Trinajstić information content (AvgIpc) is 2.41. The smallest absolute Gasteiger partial charge is 0.292 e. The van der Waals surface area contributed by atoms with Gasteiger partial charge in [-0.1, -0.05) is 0 Å². The second kappa shape index (κ2) is 5.66. The lowest BCUT2D eigenvalue weighted by atomic mass is 10.1. The van der Waals surface area contributed by atoms with Crippen LogP contribution < -0.4 is 11.1 Å². The Morgan fingerprint density at radius 3 is 2.80 bits per heavy atom. The molecule has 1 aromatic heterocycles. The van der Waals surface area contributed by atoms with Crippen LogP contribution in [0.25, 0.3) is 0 Å². The summed E-state index contributed by atoms with van der Waals surface area (Å²) in [5, 5.41) is 13.3. The van der Waals surface area contributed by atoms with E-state index in [0.717, 1.165) is 6.07 Å². The minimum absolute atomic E-state index is 0.00515. The highest BCUT2D eigenvalue weighted by atomic mass is 79.9. The van der Waals surface area contributed by atoms with Crippen molar-refractivity contribution in [3.8, 4) is 0 Å². The Kier molecular flexibility index (Phi) is 3.94. The lowest BCUT2D eigenvalue weighted by Gasteiger charge is -2.06. The fraction of sp³-hybridized carbons (Fsp3) is 0. The number of nitrogens with two attached hydrogens (primary N) is 1. The third-order valence-electron chi connectivity index (χ3n) is 2.48. The molecule has 20 heavy (non-hydrogen) atoms. The number of hydrogen-bond acceptors (Lipinski definition) is 5. The van der Waals surface area contributed by atoms with Crippen molar-refractivity contribution >= 4 is 39.0 Å². The Morgan fingerprint density at radius 2 is 2.15 bits per heavy atom. The maximum absolute atomic E-state index is 12.0. The van der Waals surface area contributed by atoms with E-state index in [-0.39, 0.29) is 16.9 Å². The van der Waals surface area contributed by atoms with Crippen LogP contribution in [0.1, 0.15) is 10.4 Å². The lowest BCUT2D eigenvalue weighted by Crippen LogP contribution is -2.13. The first kappa shape index (κ1) is 13.9. The van der Waals surface area contributed by atoms with Gasteiger partial charge in [-0.05, 0) is 40.2 Å². The number of hydrogen-bond donors (Lipinski definition) is 2. The molecular formula is C12H9BrN4O3. The van der Waals surface area contributed by atoms with Crippen LogP contribution in [-0.4, -0.2) is 15.8 Å². The monoisotopic (exact) mass is 336 g/mol. The van der Waals surface area contributed by atoms with E-state index in [1.165, 1.54) is 18.3 Å². The molecule has 1 heterocycles. The molecule has 0 aliphatic carbocycles. The Balaban J connectivity index is 2.28. The molecule has 0 radical (unpaired) electrons. The number of rotatable bonds is 3. The summed E-state index contributed by atoms with van der Waals surface area (Å²) in [5.41, 5.74) is 5.30. The number of nitro groups is 1. The van der Waals surface area contributed by atoms with Gasteiger partial charge in [-0.3, -0.25) is 14.9 Å². The maximum Gasteiger partial charge on any atom is 0.292 e. The minimum Gasteiger partial charge on any atom is -0.393 e.